The number of Topliss-reactive ketones (excluding diaryl/α,β-unsaturated/α-hetero) is 1. The van der Waals surface area contributed by atoms with Gasteiger partial charge in [0.2, 0.25) is 5.91 Å². The highest BCUT2D eigenvalue weighted by Crippen LogP contribution is 2.23. The predicted molar refractivity (Wildman–Crippen MR) is 75.1 cm³/mol. The fourth-order valence-electron chi connectivity index (χ4n) is 2.49. The molecule has 1 aliphatic carbocycles. The minimum absolute atomic E-state index is 0.0492. The van der Waals surface area contributed by atoms with Gasteiger partial charge in [-0.15, -0.1) is 0 Å². The Morgan fingerprint density at radius 1 is 1.40 bits per heavy atom. The number of ketones is 1. The molecule has 1 saturated carbocycles. The van der Waals surface area contributed by atoms with Crippen molar-refractivity contribution in [2.75, 3.05) is 7.05 Å². The summed E-state index contributed by atoms with van der Waals surface area (Å²) in [6.45, 7) is 0. The quantitative estimate of drug-likeness (QED) is 0.860. The van der Waals surface area contributed by atoms with Crippen LogP contribution in [0, 0.1) is 5.82 Å². The van der Waals surface area contributed by atoms with Gasteiger partial charge < -0.3 is 4.90 Å². The van der Waals surface area contributed by atoms with Gasteiger partial charge in [0.1, 0.15) is 11.6 Å². The van der Waals surface area contributed by atoms with Crippen LogP contribution in [0.15, 0.2) is 18.2 Å². The van der Waals surface area contributed by atoms with Crippen molar-refractivity contribution in [2.24, 2.45) is 0 Å². The Morgan fingerprint density at radius 2 is 2.05 bits per heavy atom. The zero-order valence-corrected chi connectivity index (χ0v) is 12.1. The lowest BCUT2D eigenvalue weighted by Gasteiger charge is -2.31. The molecule has 0 bridgehead atoms. The van der Waals surface area contributed by atoms with E-state index in [1.54, 1.807) is 18.0 Å². The van der Waals surface area contributed by atoms with Crippen LogP contribution in [0.5, 0.6) is 0 Å². The molecule has 0 unspecified atom stereocenters. The van der Waals surface area contributed by atoms with Gasteiger partial charge in [0.15, 0.2) is 0 Å². The van der Waals surface area contributed by atoms with Crippen LogP contribution >= 0.6 is 11.6 Å². The first-order valence-corrected chi connectivity index (χ1v) is 7.07. The first kappa shape index (κ1) is 15.0. The van der Waals surface area contributed by atoms with Crippen molar-refractivity contribution in [1.82, 2.24) is 4.90 Å². The van der Waals surface area contributed by atoms with E-state index in [0.717, 1.165) is 0 Å². The summed E-state index contributed by atoms with van der Waals surface area (Å²) in [6.07, 6.45) is 2.36. The van der Waals surface area contributed by atoms with Crippen molar-refractivity contribution in [3.8, 4) is 0 Å². The van der Waals surface area contributed by atoms with Crippen LogP contribution < -0.4 is 0 Å². The minimum atomic E-state index is -0.460. The number of halogens is 2. The van der Waals surface area contributed by atoms with E-state index in [2.05, 4.69) is 0 Å². The lowest BCUT2D eigenvalue weighted by atomic mass is 9.93. The third kappa shape index (κ3) is 3.37. The fourth-order valence-corrected chi connectivity index (χ4v) is 2.72. The Labute approximate surface area is 122 Å². The van der Waals surface area contributed by atoms with Gasteiger partial charge >= 0.3 is 0 Å². The summed E-state index contributed by atoms with van der Waals surface area (Å²) in [5, 5.41) is 0.269. The summed E-state index contributed by atoms with van der Waals surface area (Å²) in [6, 6.07) is 4.45. The van der Waals surface area contributed by atoms with Crippen molar-refractivity contribution < 1.29 is 14.0 Å². The highest BCUT2D eigenvalue weighted by atomic mass is 35.5. The summed E-state index contributed by atoms with van der Waals surface area (Å²) >= 11 is 5.93. The largest absolute Gasteiger partial charge is 0.342 e. The summed E-state index contributed by atoms with van der Waals surface area (Å²) in [7, 11) is 1.71. The molecule has 0 atom stereocenters. The molecule has 0 radical (unpaired) electrons. The normalized spacial score (nSPS) is 16.2. The second-order valence-corrected chi connectivity index (χ2v) is 5.56. The highest BCUT2D eigenvalue weighted by molar-refractivity contribution is 6.31. The van der Waals surface area contributed by atoms with Crippen LogP contribution in [-0.4, -0.2) is 29.7 Å². The molecule has 0 aromatic heterocycles. The molecule has 3 nitrogen and oxygen atoms in total. The lowest BCUT2D eigenvalue weighted by molar-refractivity contribution is -0.133. The van der Waals surface area contributed by atoms with E-state index >= 15 is 0 Å². The Morgan fingerprint density at radius 3 is 2.65 bits per heavy atom. The molecule has 0 N–H and O–H groups in total. The van der Waals surface area contributed by atoms with Crippen LogP contribution in [0.2, 0.25) is 5.02 Å². The third-order valence-electron chi connectivity index (χ3n) is 3.84. The highest BCUT2D eigenvalue weighted by Gasteiger charge is 2.26. The maximum absolute atomic E-state index is 13.7. The Balaban J connectivity index is 2.02. The van der Waals surface area contributed by atoms with E-state index in [0.29, 0.717) is 25.7 Å². The van der Waals surface area contributed by atoms with Gasteiger partial charge in [-0.3, -0.25) is 9.59 Å². The van der Waals surface area contributed by atoms with Gasteiger partial charge in [0, 0.05) is 36.5 Å². The topological polar surface area (TPSA) is 37.4 Å². The second kappa shape index (κ2) is 6.35. The molecule has 0 spiro atoms. The molecule has 1 aromatic rings. The number of hydrogen-bond acceptors (Lipinski definition) is 2. The summed E-state index contributed by atoms with van der Waals surface area (Å²) in [5.41, 5.74) is 0.234. The van der Waals surface area contributed by atoms with Gasteiger partial charge in [0.05, 0.1) is 6.42 Å². The Kier molecular flexibility index (Phi) is 4.76. The monoisotopic (exact) mass is 297 g/mol. The van der Waals surface area contributed by atoms with Crippen LogP contribution in [-0.2, 0) is 16.0 Å². The van der Waals surface area contributed by atoms with Gasteiger partial charge in [0.25, 0.3) is 0 Å². The maximum atomic E-state index is 13.7. The third-order valence-corrected chi connectivity index (χ3v) is 4.20. The van der Waals surface area contributed by atoms with E-state index in [9.17, 15) is 14.0 Å². The van der Waals surface area contributed by atoms with Crippen LogP contribution in [0.1, 0.15) is 31.2 Å². The molecule has 5 heteroatoms. The number of likely N-dealkylation sites (N-methyl/N-ethyl adjacent to an activating group) is 1. The zero-order valence-electron chi connectivity index (χ0n) is 11.4. The Bertz CT molecular complexity index is 502. The summed E-state index contributed by atoms with van der Waals surface area (Å²) in [4.78, 5) is 25.0. The second-order valence-electron chi connectivity index (χ2n) is 5.15. The Hall–Kier alpha value is -1.42. The van der Waals surface area contributed by atoms with Gasteiger partial charge in [-0.1, -0.05) is 17.7 Å². The van der Waals surface area contributed by atoms with Crippen molar-refractivity contribution >= 4 is 23.3 Å². The fraction of sp³-hybridized carbons (Fsp3) is 0.467. The summed E-state index contributed by atoms with van der Waals surface area (Å²) in [5.74, 6) is -0.381. The van der Waals surface area contributed by atoms with Crippen LogP contribution in [0.4, 0.5) is 4.39 Å². The molecule has 1 amide bonds. The first-order chi connectivity index (χ1) is 9.49. The van der Waals surface area contributed by atoms with Crippen molar-refractivity contribution in [2.45, 2.75) is 38.1 Å². The number of carbonyl (C=O) groups is 2. The molecule has 0 aliphatic heterocycles. The van der Waals surface area contributed by atoms with Gasteiger partial charge in [-0.05, 0) is 25.0 Å². The standard InChI is InChI=1S/C15H17ClFNO2/c1-18(10-5-7-11(19)8-6-10)15(20)9-12-13(16)3-2-4-14(12)17/h2-4,10H,5-9H2,1H3. The van der Waals surface area contributed by atoms with Crippen molar-refractivity contribution in [1.29, 1.82) is 0 Å². The molecular formula is C15H17ClFNO2. The molecule has 0 heterocycles. The van der Waals surface area contributed by atoms with Crippen molar-refractivity contribution in [3.63, 3.8) is 0 Å². The van der Waals surface area contributed by atoms with Gasteiger partial charge in [-0.25, -0.2) is 4.39 Å². The first-order valence-electron chi connectivity index (χ1n) is 6.69. The number of nitrogens with zero attached hydrogens (tertiary/aromatic N) is 1. The number of benzene rings is 1. The van der Waals surface area contributed by atoms with E-state index in [1.807, 2.05) is 0 Å². The van der Waals surface area contributed by atoms with Gasteiger partial charge in [-0.2, -0.15) is 0 Å². The maximum Gasteiger partial charge on any atom is 0.227 e. The number of hydrogen-bond donors (Lipinski definition) is 0. The number of rotatable bonds is 3. The average Bonchev–Trinajstić information content (AvgIpc) is 2.43. The molecule has 1 aromatic carbocycles. The molecule has 2 rings (SSSR count). The van der Waals surface area contributed by atoms with E-state index in [4.69, 9.17) is 11.6 Å². The van der Waals surface area contributed by atoms with E-state index in [1.165, 1.54) is 12.1 Å². The molecule has 0 saturated heterocycles. The molecule has 1 fully saturated rings. The SMILES string of the molecule is CN(C(=O)Cc1c(F)cccc1Cl)C1CCC(=O)CC1. The average molecular weight is 298 g/mol. The summed E-state index contributed by atoms with van der Waals surface area (Å²) < 4.78 is 13.7. The molecule has 20 heavy (non-hydrogen) atoms. The zero-order chi connectivity index (χ0) is 14.7. The number of carbonyl (C=O) groups excluding carboxylic acids is 2. The van der Waals surface area contributed by atoms with E-state index in [-0.39, 0.29) is 34.7 Å². The van der Waals surface area contributed by atoms with Crippen LogP contribution in [0.3, 0.4) is 0 Å². The van der Waals surface area contributed by atoms with Crippen molar-refractivity contribution in [3.05, 3.63) is 34.6 Å². The van der Waals surface area contributed by atoms with Crippen LogP contribution in [0.25, 0.3) is 0 Å². The minimum Gasteiger partial charge on any atom is -0.342 e. The molecule has 1 aliphatic rings. The molecule has 108 valence electrons. The smallest absolute Gasteiger partial charge is 0.227 e. The van der Waals surface area contributed by atoms with E-state index < -0.39 is 5.82 Å². The lowest BCUT2D eigenvalue weighted by Crippen LogP contribution is -2.40. The predicted octanol–water partition coefficient (Wildman–Crippen LogP) is 2.99. The number of amides is 1. The molecular weight excluding hydrogens is 281 g/mol.